The van der Waals surface area contributed by atoms with Gasteiger partial charge < -0.3 is 10.1 Å². The van der Waals surface area contributed by atoms with Gasteiger partial charge >= 0.3 is 5.97 Å². The monoisotopic (exact) mass is 293 g/mol. The Morgan fingerprint density at radius 2 is 1.90 bits per heavy atom. The van der Waals surface area contributed by atoms with Gasteiger partial charge in [0.25, 0.3) is 5.91 Å². The third-order valence-corrected chi connectivity index (χ3v) is 3.64. The zero-order valence-corrected chi connectivity index (χ0v) is 12.1. The zero-order valence-electron chi connectivity index (χ0n) is 12.1. The maximum absolute atomic E-state index is 12.8. The molecule has 0 radical (unpaired) electrons. The van der Waals surface area contributed by atoms with Gasteiger partial charge in [0.2, 0.25) is 0 Å². The first-order chi connectivity index (χ1) is 10.0. The van der Waals surface area contributed by atoms with E-state index >= 15 is 0 Å². The van der Waals surface area contributed by atoms with Crippen molar-refractivity contribution >= 4 is 11.9 Å². The summed E-state index contributed by atoms with van der Waals surface area (Å²) in [5.41, 5.74) is 0.657. The van der Waals surface area contributed by atoms with Crippen molar-refractivity contribution < 1.29 is 18.7 Å². The van der Waals surface area contributed by atoms with Gasteiger partial charge in [-0.1, -0.05) is 25.0 Å². The molecular weight excluding hydrogens is 273 g/mol. The van der Waals surface area contributed by atoms with Crippen LogP contribution in [-0.4, -0.2) is 24.0 Å². The van der Waals surface area contributed by atoms with Crippen LogP contribution in [0.2, 0.25) is 0 Å². The highest BCUT2D eigenvalue weighted by molar-refractivity contribution is 5.84. The molecule has 1 N–H and O–H groups in total. The first kappa shape index (κ1) is 15.5. The van der Waals surface area contributed by atoms with Crippen LogP contribution in [0.3, 0.4) is 0 Å². The number of benzene rings is 1. The molecule has 0 aromatic heterocycles. The fraction of sp³-hybridized carbons (Fsp3) is 0.500. The second-order valence-corrected chi connectivity index (χ2v) is 5.43. The number of rotatable bonds is 5. The van der Waals surface area contributed by atoms with E-state index in [1.165, 1.54) is 24.3 Å². The number of ether oxygens (including phenoxy) is 1. The first-order valence-electron chi connectivity index (χ1n) is 7.29. The SMILES string of the molecule is C[C@@H](OC(=O)Cc1ccc(F)cc1)C(=O)NC1CCCC1. The lowest BCUT2D eigenvalue weighted by Crippen LogP contribution is -2.41. The summed E-state index contributed by atoms with van der Waals surface area (Å²) in [5, 5.41) is 2.89. The van der Waals surface area contributed by atoms with E-state index in [0.29, 0.717) is 5.56 Å². The van der Waals surface area contributed by atoms with Gasteiger partial charge in [0.1, 0.15) is 5.82 Å². The van der Waals surface area contributed by atoms with E-state index in [2.05, 4.69) is 5.32 Å². The van der Waals surface area contributed by atoms with Gasteiger partial charge in [-0.3, -0.25) is 9.59 Å². The molecule has 1 atom stereocenters. The summed E-state index contributed by atoms with van der Waals surface area (Å²) in [6.07, 6.45) is 3.46. The van der Waals surface area contributed by atoms with Gasteiger partial charge in [-0.25, -0.2) is 4.39 Å². The second-order valence-electron chi connectivity index (χ2n) is 5.43. The van der Waals surface area contributed by atoms with Gasteiger partial charge in [0, 0.05) is 6.04 Å². The largest absolute Gasteiger partial charge is 0.452 e. The van der Waals surface area contributed by atoms with E-state index in [-0.39, 0.29) is 24.2 Å². The Morgan fingerprint density at radius 1 is 1.29 bits per heavy atom. The highest BCUT2D eigenvalue weighted by Crippen LogP contribution is 2.17. The maximum atomic E-state index is 12.8. The smallest absolute Gasteiger partial charge is 0.311 e. The molecule has 0 saturated heterocycles. The average molecular weight is 293 g/mol. The van der Waals surface area contributed by atoms with Crippen molar-refractivity contribution in [3.05, 3.63) is 35.6 Å². The number of carbonyl (C=O) groups is 2. The van der Waals surface area contributed by atoms with E-state index in [1.807, 2.05) is 0 Å². The van der Waals surface area contributed by atoms with E-state index < -0.39 is 12.1 Å². The lowest BCUT2D eigenvalue weighted by Gasteiger charge is -2.17. The molecule has 0 heterocycles. The van der Waals surface area contributed by atoms with Crippen molar-refractivity contribution in [3.8, 4) is 0 Å². The second kappa shape index (κ2) is 7.20. The fourth-order valence-corrected chi connectivity index (χ4v) is 2.45. The normalized spacial score (nSPS) is 16.5. The van der Waals surface area contributed by atoms with Crippen molar-refractivity contribution in [1.82, 2.24) is 5.32 Å². The Kier molecular flexibility index (Phi) is 5.31. The Hall–Kier alpha value is -1.91. The first-order valence-corrected chi connectivity index (χ1v) is 7.29. The molecule has 0 spiro atoms. The minimum Gasteiger partial charge on any atom is -0.452 e. The third kappa shape index (κ3) is 4.85. The molecule has 4 nitrogen and oxygen atoms in total. The molecule has 1 saturated carbocycles. The molecule has 21 heavy (non-hydrogen) atoms. The van der Waals surface area contributed by atoms with Gasteiger partial charge in [-0.2, -0.15) is 0 Å². The molecule has 1 amide bonds. The van der Waals surface area contributed by atoms with Crippen LogP contribution in [0.25, 0.3) is 0 Å². The minimum absolute atomic E-state index is 0.0291. The number of nitrogens with one attached hydrogen (secondary N) is 1. The summed E-state index contributed by atoms with van der Waals surface area (Å²) in [5.74, 6) is -1.10. The molecule has 1 aliphatic carbocycles. The molecule has 114 valence electrons. The summed E-state index contributed by atoms with van der Waals surface area (Å²) < 4.78 is 17.9. The molecule has 0 aliphatic heterocycles. The topological polar surface area (TPSA) is 55.4 Å². The summed E-state index contributed by atoms with van der Waals surface area (Å²) in [6.45, 7) is 1.56. The van der Waals surface area contributed by atoms with Crippen LogP contribution in [0.1, 0.15) is 38.2 Å². The molecular formula is C16H20FNO3. The molecule has 0 bridgehead atoms. The lowest BCUT2D eigenvalue weighted by molar-refractivity contribution is -0.154. The van der Waals surface area contributed by atoms with Crippen molar-refractivity contribution in [2.24, 2.45) is 0 Å². The highest BCUT2D eigenvalue weighted by atomic mass is 19.1. The van der Waals surface area contributed by atoms with E-state index in [4.69, 9.17) is 4.74 Å². The van der Waals surface area contributed by atoms with Crippen LogP contribution in [0.5, 0.6) is 0 Å². The van der Waals surface area contributed by atoms with E-state index in [1.54, 1.807) is 6.92 Å². The Labute approximate surface area is 123 Å². The van der Waals surface area contributed by atoms with Crippen LogP contribution in [-0.2, 0) is 20.7 Å². The summed E-state index contributed by atoms with van der Waals surface area (Å²) >= 11 is 0. The summed E-state index contributed by atoms with van der Waals surface area (Å²) in [6, 6.07) is 5.84. The number of amides is 1. The third-order valence-electron chi connectivity index (χ3n) is 3.64. The lowest BCUT2D eigenvalue weighted by atomic mass is 10.1. The Morgan fingerprint density at radius 3 is 2.52 bits per heavy atom. The van der Waals surface area contributed by atoms with Crippen molar-refractivity contribution in [2.45, 2.75) is 51.2 Å². The summed E-state index contributed by atoms with van der Waals surface area (Å²) in [7, 11) is 0. The van der Waals surface area contributed by atoms with Crippen molar-refractivity contribution in [3.63, 3.8) is 0 Å². The van der Waals surface area contributed by atoms with Crippen LogP contribution in [0.4, 0.5) is 4.39 Å². The van der Waals surface area contributed by atoms with E-state index in [0.717, 1.165) is 25.7 Å². The fourth-order valence-electron chi connectivity index (χ4n) is 2.45. The van der Waals surface area contributed by atoms with Gasteiger partial charge in [0.15, 0.2) is 6.10 Å². The number of hydrogen-bond donors (Lipinski definition) is 1. The number of esters is 1. The summed E-state index contributed by atoms with van der Waals surface area (Å²) in [4.78, 5) is 23.6. The van der Waals surface area contributed by atoms with Gasteiger partial charge in [-0.05, 0) is 37.5 Å². The molecule has 1 aromatic rings. The van der Waals surface area contributed by atoms with Crippen molar-refractivity contribution in [1.29, 1.82) is 0 Å². The Bertz CT molecular complexity index is 495. The van der Waals surface area contributed by atoms with Crippen LogP contribution in [0, 0.1) is 5.82 Å². The van der Waals surface area contributed by atoms with Crippen LogP contribution < -0.4 is 5.32 Å². The molecule has 1 aliphatic rings. The molecule has 1 aromatic carbocycles. The van der Waals surface area contributed by atoms with Crippen LogP contribution >= 0.6 is 0 Å². The molecule has 2 rings (SSSR count). The molecule has 5 heteroatoms. The maximum Gasteiger partial charge on any atom is 0.311 e. The number of hydrogen-bond acceptors (Lipinski definition) is 3. The average Bonchev–Trinajstić information content (AvgIpc) is 2.94. The molecule has 0 unspecified atom stereocenters. The number of halogens is 1. The minimum atomic E-state index is -0.807. The standard InChI is InChI=1S/C16H20FNO3/c1-11(16(20)18-14-4-2-3-5-14)21-15(19)10-12-6-8-13(17)9-7-12/h6-9,11,14H,2-5,10H2,1H3,(H,18,20)/t11-/m1/s1. The predicted octanol–water partition coefficient (Wildman–Crippen LogP) is 2.36. The predicted molar refractivity (Wildman–Crippen MR) is 76.1 cm³/mol. The van der Waals surface area contributed by atoms with Crippen LogP contribution in [0.15, 0.2) is 24.3 Å². The highest BCUT2D eigenvalue weighted by Gasteiger charge is 2.22. The zero-order chi connectivity index (χ0) is 15.2. The van der Waals surface area contributed by atoms with E-state index in [9.17, 15) is 14.0 Å². The number of carbonyl (C=O) groups excluding carboxylic acids is 2. The van der Waals surface area contributed by atoms with Gasteiger partial charge in [0.05, 0.1) is 6.42 Å². The van der Waals surface area contributed by atoms with Gasteiger partial charge in [-0.15, -0.1) is 0 Å². The van der Waals surface area contributed by atoms with Crippen molar-refractivity contribution in [2.75, 3.05) is 0 Å². The Balaban J connectivity index is 1.78. The molecule has 1 fully saturated rings. The quantitative estimate of drug-likeness (QED) is 0.848.